The van der Waals surface area contributed by atoms with Crippen LogP contribution in [-0.4, -0.2) is 32.5 Å². The molecule has 0 aliphatic carbocycles. The Morgan fingerprint density at radius 1 is 1.59 bits per heavy atom. The molecule has 1 fully saturated rings. The number of pyridine rings is 1. The van der Waals surface area contributed by atoms with Crippen LogP contribution in [0.2, 0.25) is 0 Å². The van der Waals surface area contributed by atoms with Crippen molar-refractivity contribution in [1.82, 2.24) is 10.3 Å². The van der Waals surface area contributed by atoms with Crippen LogP contribution in [0.1, 0.15) is 6.42 Å². The third-order valence-electron chi connectivity index (χ3n) is 2.46. The third kappa shape index (κ3) is 2.99. The molecule has 2 rings (SSSR count). The number of hydrogen-bond donors (Lipinski definition) is 1. The lowest BCUT2D eigenvalue weighted by molar-refractivity contribution is -0.388. The molecule has 1 aliphatic heterocycles. The first-order chi connectivity index (χ1) is 7.70. The summed E-state index contributed by atoms with van der Waals surface area (Å²) >= 11 is 0. The minimum atomic E-state index is -1.41. The smallest absolute Gasteiger partial charge is 0.303 e. The minimum absolute atomic E-state index is 0. The minimum Gasteiger partial charge on any atom is -0.315 e. The highest BCUT2D eigenvalue weighted by Crippen LogP contribution is 2.23. The number of aromatic nitrogens is 1. The molecule has 2 atom stereocenters. The number of nitro groups is 1. The predicted octanol–water partition coefficient (Wildman–Crippen LogP) is 0.881. The lowest BCUT2D eigenvalue weighted by Crippen LogP contribution is -2.20. The number of halogens is 1. The summed E-state index contributed by atoms with van der Waals surface area (Å²) < 4.78 is 12.1. The van der Waals surface area contributed by atoms with E-state index in [1.54, 1.807) is 0 Å². The number of nitrogens with zero attached hydrogens (tertiary/aromatic N) is 2. The van der Waals surface area contributed by atoms with Gasteiger partial charge in [-0.05, 0) is 19.0 Å². The maximum absolute atomic E-state index is 12.1. The van der Waals surface area contributed by atoms with Gasteiger partial charge in [-0.3, -0.25) is 14.3 Å². The summed E-state index contributed by atoms with van der Waals surface area (Å²) in [6.45, 7) is 1.43. The van der Waals surface area contributed by atoms with E-state index in [1.807, 2.05) is 0 Å². The van der Waals surface area contributed by atoms with Crippen LogP contribution in [-0.2, 0) is 10.8 Å². The van der Waals surface area contributed by atoms with Crippen LogP contribution in [0.4, 0.5) is 5.69 Å². The van der Waals surface area contributed by atoms with Gasteiger partial charge in [-0.25, -0.2) is 4.98 Å². The first-order valence-electron chi connectivity index (χ1n) is 4.91. The molecular formula is C9H12ClN3O3S. The van der Waals surface area contributed by atoms with Crippen molar-refractivity contribution in [3.63, 3.8) is 0 Å². The average molecular weight is 278 g/mol. The molecule has 0 amide bonds. The Morgan fingerprint density at radius 3 is 2.94 bits per heavy atom. The van der Waals surface area contributed by atoms with E-state index in [0.717, 1.165) is 13.0 Å². The van der Waals surface area contributed by atoms with Crippen LogP contribution in [0, 0.1) is 10.1 Å². The highest BCUT2D eigenvalue weighted by Gasteiger charge is 2.28. The molecule has 6 nitrogen and oxygen atoms in total. The Balaban J connectivity index is 0.00000144. The van der Waals surface area contributed by atoms with Gasteiger partial charge in [0.25, 0.3) is 0 Å². The van der Waals surface area contributed by atoms with Gasteiger partial charge in [-0.15, -0.1) is 12.4 Å². The van der Waals surface area contributed by atoms with Crippen molar-refractivity contribution in [2.75, 3.05) is 13.1 Å². The molecule has 0 spiro atoms. The Kier molecular flexibility index (Phi) is 4.98. The summed E-state index contributed by atoms with van der Waals surface area (Å²) in [4.78, 5) is 14.1. The van der Waals surface area contributed by atoms with Crippen LogP contribution in [0.5, 0.6) is 0 Å². The summed E-state index contributed by atoms with van der Waals surface area (Å²) in [5.74, 6) is 0. The normalized spacial score (nSPS) is 20.6. The SMILES string of the molecule is Cl.O=[N+]([O-])c1cccnc1S(=O)[C@@H]1CCNC1. The van der Waals surface area contributed by atoms with Crippen LogP contribution in [0.3, 0.4) is 0 Å². The first-order valence-corrected chi connectivity index (χ1v) is 6.12. The fourth-order valence-corrected chi connectivity index (χ4v) is 3.08. The van der Waals surface area contributed by atoms with Gasteiger partial charge in [0.05, 0.1) is 21.0 Å². The topological polar surface area (TPSA) is 85.1 Å². The van der Waals surface area contributed by atoms with Crippen molar-refractivity contribution < 1.29 is 9.13 Å². The van der Waals surface area contributed by atoms with Gasteiger partial charge in [-0.2, -0.15) is 0 Å². The van der Waals surface area contributed by atoms with Crippen molar-refractivity contribution in [2.24, 2.45) is 0 Å². The number of hydrogen-bond acceptors (Lipinski definition) is 5. The summed E-state index contributed by atoms with van der Waals surface area (Å²) in [7, 11) is -1.41. The molecule has 1 aromatic rings. The molecule has 2 heterocycles. The van der Waals surface area contributed by atoms with Crippen molar-refractivity contribution >= 4 is 28.9 Å². The summed E-state index contributed by atoms with van der Waals surface area (Å²) in [6, 6.07) is 2.81. The standard InChI is InChI=1S/C9H11N3O3S.ClH/c13-12(14)8-2-1-4-11-9(8)16(15)7-3-5-10-6-7;/h1-2,4,7,10H,3,5-6H2;1H/t7-,16?;/m1./s1. The second-order valence-electron chi connectivity index (χ2n) is 3.50. The monoisotopic (exact) mass is 277 g/mol. The molecule has 1 N–H and O–H groups in total. The van der Waals surface area contributed by atoms with Crippen molar-refractivity contribution in [3.8, 4) is 0 Å². The molecule has 0 radical (unpaired) electrons. The van der Waals surface area contributed by atoms with Gasteiger partial charge in [0, 0.05) is 18.8 Å². The lowest BCUT2D eigenvalue weighted by Gasteiger charge is -2.07. The Morgan fingerprint density at radius 2 is 2.35 bits per heavy atom. The third-order valence-corrected chi connectivity index (χ3v) is 4.16. The molecule has 1 saturated heterocycles. The largest absolute Gasteiger partial charge is 0.315 e. The summed E-state index contributed by atoms with van der Waals surface area (Å²) in [5.41, 5.74) is -0.160. The maximum atomic E-state index is 12.1. The molecule has 0 saturated carbocycles. The number of nitrogens with one attached hydrogen (secondary N) is 1. The predicted molar refractivity (Wildman–Crippen MR) is 65.8 cm³/mol. The summed E-state index contributed by atoms with van der Waals surface area (Å²) in [5, 5.41) is 13.8. The molecular weight excluding hydrogens is 266 g/mol. The molecule has 1 aliphatic rings. The highest BCUT2D eigenvalue weighted by molar-refractivity contribution is 7.85. The zero-order chi connectivity index (χ0) is 11.5. The average Bonchev–Trinajstić information content (AvgIpc) is 2.81. The van der Waals surface area contributed by atoms with E-state index < -0.39 is 15.7 Å². The fraction of sp³-hybridized carbons (Fsp3) is 0.444. The van der Waals surface area contributed by atoms with E-state index in [9.17, 15) is 14.3 Å². The molecule has 17 heavy (non-hydrogen) atoms. The zero-order valence-electron chi connectivity index (χ0n) is 8.87. The molecule has 0 aromatic carbocycles. The van der Waals surface area contributed by atoms with E-state index >= 15 is 0 Å². The quantitative estimate of drug-likeness (QED) is 0.655. The van der Waals surface area contributed by atoms with Gasteiger partial charge in [0.2, 0.25) is 5.03 Å². The Bertz CT molecular complexity index is 437. The van der Waals surface area contributed by atoms with Crippen molar-refractivity contribution in [3.05, 3.63) is 28.4 Å². The van der Waals surface area contributed by atoms with E-state index in [0.29, 0.717) is 6.54 Å². The summed E-state index contributed by atoms with van der Waals surface area (Å²) in [6.07, 6.45) is 2.20. The van der Waals surface area contributed by atoms with Crippen LogP contribution < -0.4 is 5.32 Å². The van der Waals surface area contributed by atoms with Crippen molar-refractivity contribution in [2.45, 2.75) is 16.7 Å². The molecule has 8 heteroatoms. The first kappa shape index (κ1) is 14.0. The molecule has 94 valence electrons. The fourth-order valence-electron chi connectivity index (χ4n) is 1.65. The second kappa shape index (κ2) is 6.04. The Labute approximate surface area is 107 Å². The molecule has 1 unspecified atom stereocenters. The van der Waals surface area contributed by atoms with Crippen molar-refractivity contribution in [1.29, 1.82) is 0 Å². The van der Waals surface area contributed by atoms with E-state index in [2.05, 4.69) is 10.3 Å². The highest BCUT2D eigenvalue weighted by atomic mass is 35.5. The van der Waals surface area contributed by atoms with Gasteiger partial charge >= 0.3 is 5.69 Å². The Hall–Kier alpha value is -1.05. The van der Waals surface area contributed by atoms with Gasteiger partial charge in [0.1, 0.15) is 0 Å². The van der Waals surface area contributed by atoms with Gasteiger partial charge in [-0.1, -0.05) is 0 Å². The lowest BCUT2D eigenvalue weighted by atomic mass is 10.4. The van der Waals surface area contributed by atoms with E-state index in [1.165, 1.54) is 18.3 Å². The number of rotatable bonds is 3. The van der Waals surface area contributed by atoms with E-state index in [-0.39, 0.29) is 28.4 Å². The maximum Gasteiger partial charge on any atom is 0.303 e. The van der Waals surface area contributed by atoms with E-state index in [4.69, 9.17) is 0 Å². The van der Waals surface area contributed by atoms with Crippen LogP contribution in [0.25, 0.3) is 0 Å². The molecule has 1 aromatic heterocycles. The second-order valence-corrected chi connectivity index (χ2v) is 5.15. The molecule has 0 bridgehead atoms. The van der Waals surface area contributed by atoms with Gasteiger partial charge < -0.3 is 5.32 Å². The van der Waals surface area contributed by atoms with Gasteiger partial charge in [0.15, 0.2) is 0 Å². The van der Waals surface area contributed by atoms with Crippen LogP contribution >= 0.6 is 12.4 Å². The zero-order valence-corrected chi connectivity index (χ0v) is 10.5. The van der Waals surface area contributed by atoms with Crippen LogP contribution in [0.15, 0.2) is 23.4 Å².